The molecule has 2 heterocycles. The molecule has 2 saturated heterocycles. The Bertz CT molecular complexity index is 519. The average Bonchev–Trinajstić information content (AvgIpc) is 2.99. The molecule has 142 valence electrons. The second-order valence-corrected chi connectivity index (χ2v) is 7.53. The molecular weight excluding hydrogens is 377 g/mol. The van der Waals surface area contributed by atoms with Crippen molar-refractivity contribution in [3.8, 4) is 0 Å². The van der Waals surface area contributed by atoms with E-state index >= 15 is 0 Å². The minimum absolute atomic E-state index is 0. The molecule has 1 amide bonds. The number of likely N-dealkylation sites (tertiary alicyclic amines) is 1. The first-order valence-electron chi connectivity index (χ1n) is 8.70. The summed E-state index contributed by atoms with van der Waals surface area (Å²) in [5.41, 5.74) is 2.55. The lowest BCUT2D eigenvalue weighted by Crippen LogP contribution is -2.41. The number of amides is 1. The number of benzene rings is 1. The van der Waals surface area contributed by atoms with Gasteiger partial charge in [-0.2, -0.15) is 0 Å². The first-order valence-corrected chi connectivity index (χ1v) is 9.86. The van der Waals surface area contributed by atoms with Gasteiger partial charge in [0.05, 0.1) is 6.04 Å². The van der Waals surface area contributed by atoms with Gasteiger partial charge < -0.3 is 5.32 Å². The van der Waals surface area contributed by atoms with E-state index < -0.39 is 0 Å². The van der Waals surface area contributed by atoms with Gasteiger partial charge in [0.25, 0.3) is 0 Å². The summed E-state index contributed by atoms with van der Waals surface area (Å²) < 4.78 is 0. The SMILES string of the molecule is Cl.Cl.O=C(NCc1cccc(CN2CCCCCC2)c1)C1CSCN1. The summed E-state index contributed by atoms with van der Waals surface area (Å²) >= 11 is 1.78. The van der Waals surface area contributed by atoms with Gasteiger partial charge in [0.2, 0.25) is 5.91 Å². The maximum Gasteiger partial charge on any atom is 0.238 e. The predicted octanol–water partition coefficient (Wildman–Crippen LogP) is 3.18. The third-order valence-corrected chi connectivity index (χ3v) is 5.54. The van der Waals surface area contributed by atoms with Gasteiger partial charge >= 0.3 is 0 Å². The number of carbonyl (C=O) groups excluding carboxylic acids is 1. The molecule has 1 atom stereocenters. The van der Waals surface area contributed by atoms with Crippen molar-refractivity contribution in [1.29, 1.82) is 0 Å². The molecule has 0 aromatic heterocycles. The van der Waals surface area contributed by atoms with Crippen LogP contribution in [0.3, 0.4) is 0 Å². The molecule has 1 unspecified atom stereocenters. The van der Waals surface area contributed by atoms with Crippen molar-refractivity contribution in [3.63, 3.8) is 0 Å². The van der Waals surface area contributed by atoms with Crippen molar-refractivity contribution in [2.75, 3.05) is 24.7 Å². The Balaban J connectivity index is 0.00000156. The zero-order valence-electron chi connectivity index (χ0n) is 14.5. The Morgan fingerprint density at radius 2 is 1.88 bits per heavy atom. The van der Waals surface area contributed by atoms with E-state index in [0.717, 1.165) is 18.2 Å². The van der Waals surface area contributed by atoms with Crippen LogP contribution in [0.15, 0.2) is 24.3 Å². The van der Waals surface area contributed by atoms with E-state index in [-0.39, 0.29) is 36.8 Å². The van der Waals surface area contributed by atoms with Crippen LogP contribution in [-0.2, 0) is 17.9 Å². The summed E-state index contributed by atoms with van der Waals surface area (Å²) in [6.45, 7) is 4.08. The molecule has 7 heteroatoms. The lowest BCUT2D eigenvalue weighted by atomic mass is 10.1. The molecule has 2 fully saturated rings. The Morgan fingerprint density at radius 1 is 1.16 bits per heavy atom. The van der Waals surface area contributed by atoms with Crippen LogP contribution in [0, 0.1) is 0 Å². The molecule has 0 bridgehead atoms. The highest BCUT2D eigenvalue weighted by Crippen LogP contribution is 2.14. The summed E-state index contributed by atoms with van der Waals surface area (Å²) in [5, 5.41) is 6.26. The lowest BCUT2D eigenvalue weighted by Gasteiger charge is -2.20. The molecule has 25 heavy (non-hydrogen) atoms. The molecule has 0 saturated carbocycles. The molecule has 0 radical (unpaired) electrons. The second-order valence-electron chi connectivity index (χ2n) is 6.50. The van der Waals surface area contributed by atoms with Gasteiger partial charge in [0.1, 0.15) is 0 Å². The van der Waals surface area contributed by atoms with E-state index in [9.17, 15) is 4.79 Å². The third kappa shape index (κ3) is 7.35. The van der Waals surface area contributed by atoms with Crippen molar-refractivity contribution in [1.82, 2.24) is 15.5 Å². The minimum atomic E-state index is -0.0275. The van der Waals surface area contributed by atoms with Crippen LogP contribution in [0.5, 0.6) is 0 Å². The van der Waals surface area contributed by atoms with Crippen LogP contribution in [-0.4, -0.2) is 41.6 Å². The first-order chi connectivity index (χ1) is 11.3. The quantitative estimate of drug-likeness (QED) is 0.789. The molecule has 4 nitrogen and oxygen atoms in total. The van der Waals surface area contributed by atoms with E-state index in [1.54, 1.807) is 11.8 Å². The maximum atomic E-state index is 12.1. The Labute approximate surface area is 167 Å². The number of thioether (sulfide) groups is 1. The largest absolute Gasteiger partial charge is 0.351 e. The molecule has 3 rings (SSSR count). The molecule has 1 aromatic carbocycles. The lowest BCUT2D eigenvalue weighted by molar-refractivity contribution is -0.122. The normalized spacial score (nSPS) is 20.9. The van der Waals surface area contributed by atoms with Crippen LogP contribution in [0.25, 0.3) is 0 Å². The predicted molar refractivity (Wildman–Crippen MR) is 111 cm³/mol. The van der Waals surface area contributed by atoms with Crippen LogP contribution >= 0.6 is 36.6 Å². The van der Waals surface area contributed by atoms with Gasteiger partial charge in [-0.1, -0.05) is 37.1 Å². The monoisotopic (exact) mass is 405 g/mol. The van der Waals surface area contributed by atoms with Crippen LogP contribution in [0.1, 0.15) is 36.8 Å². The third-order valence-electron chi connectivity index (χ3n) is 4.60. The molecule has 2 N–H and O–H groups in total. The number of halogens is 2. The van der Waals surface area contributed by atoms with Crippen LogP contribution < -0.4 is 10.6 Å². The number of carbonyl (C=O) groups is 1. The highest BCUT2D eigenvalue weighted by Gasteiger charge is 2.21. The zero-order chi connectivity index (χ0) is 15.9. The summed E-state index contributed by atoms with van der Waals surface area (Å²) in [6.07, 6.45) is 5.39. The van der Waals surface area contributed by atoms with Gasteiger partial charge in [0.15, 0.2) is 0 Å². The fraction of sp³-hybridized carbons (Fsp3) is 0.611. The second kappa shape index (κ2) is 12.0. The number of nitrogens with zero attached hydrogens (tertiary/aromatic N) is 1. The van der Waals surface area contributed by atoms with Crippen LogP contribution in [0.4, 0.5) is 0 Å². The number of hydrogen-bond donors (Lipinski definition) is 2. The fourth-order valence-corrected chi connectivity index (χ4v) is 4.21. The standard InChI is InChI=1S/C18H27N3OS.2ClH/c22-18(17-13-23-14-20-17)19-11-15-6-5-7-16(10-15)12-21-8-3-1-2-4-9-21;;/h5-7,10,17,20H,1-4,8-9,11-14H2,(H,19,22);2*1H. The molecule has 0 spiro atoms. The number of rotatable bonds is 5. The highest BCUT2D eigenvalue weighted by molar-refractivity contribution is 7.99. The minimum Gasteiger partial charge on any atom is -0.351 e. The Kier molecular flexibility index (Phi) is 10.9. The average molecular weight is 406 g/mol. The van der Waals surface area contributed by atoms with Gasteiger partial charge in [0, 0.05) is 24.7 Å². The number of hydrogen-bond acceptors (Lipinski definition) is 4. The first kappa shape index (κ1) is 22.6. The summed E-state index contributed by atoms with van der Waals surface area (Å²) in [4.78, 5) is 14.6. The summed E-state index contributed by atoms with van der Waals surface area (Å²) in [5.74, 6) is 1.87. The van der Waals surface area contributed by atoms with E-state index in [1.165, 1.54) is 49.9 Å². The molecule has 1 aromatic rings. The molecule has 2 aliphatic rings. The van der Waals surface area contributed by atoms with E-state index in [0.29, 0.717) is 6.54 Å². The summed E-state index contributed by atoms with van der Waals surface area (Å²) in [7, 11) is 0. The van der Waals surface area contributed by atoms with Crippen molar-refractivity contribution in [2.24, 2.45) is 0 Å². The van der Waals surface area contributed by atoms with E-state index in [2.05, 4.69) is 39.8 Å². The van der Waals surface area contributed by atoms with Crippen LogP contribution in [0.2, 0.25) is 0 Å². The number of nitrogens with one attached hydrogen (secondary N) is 2. The van der Waals surface area contributed by atoms with Crippen molar-refractivity contribution in [2.45, 2.75) is 44.8 Å². The zero-order valence-corrected chi connectivity index (χ0v) is 17.0. The van der Waals surface area contributed by atoms with Gasteiger partial charge in [-0.25, -0.2) is 0 Å². The van der Waals surface area contributed by atoms with Crippen molar-refractivity contribution < 1.29 is 4.79 Å². The fourth-order valence-electron chi connectivity index (χ4n) is 3.27. The van der Waals surface area contributed by atoms with Crippen molar-refractivity contribution >= 4 is 42.5 Å². The molecular formula is C18H29Cl2N3OS. The maximum absolute atomic E-state index is 12.1. The van der Waals surface area contributed by atoms with E-state index in [1.807, 2.05) is 0 Å². The molecule has 0 aliphatic carbocycles. The van der Waals surface area contributed by atoms with E-state index in [4.69, 9.17) is 0 Å². The highest BCUT2D eigenvalue weighted by atomic mass is 35.5. The van der Waals surface area contributed by atoms with Gasteiger partial charge in [-0.3, -0.25) is 15.0 Å². The van der Waals surface area contributed by atoms with Crippen molar-refractivity contribution in [3.05, 3.63) is 35.4 Å². The topological polar surface area (TPSA) is 44.4 Å². The Morgan fingerprint density at radius 3 is 2.56 bits per heavy atom. The molecule has 2 aliphatic heterocycles. The van der Waals surface area contributed by atoms with Gasteiger partial charge in [-0.05, 0) is 37.1 Å². The Hall–Kier alpha value is -0.460. The van der Waals surface area contributed by atoms with Gasteiger partial charge in [-0.15, -0.1) is 36.6 Å². The smallest absolute Gasteiger partial charge is 0.238 e. The summed E-state index contributed by atoms with van der Waals surface area (Å²) in [6, 6.07) is 8.62.